The molecule has 7 nitrogen and oxygen atoms in total. The summed E-state index contributed by atoms with van der Waals surface area (Å²) >= 11 is 0. The van der Waals surface area contributed by atoms with Crippen LogP contribution in [0.25, 0.3) is 0 Å². The first-order valence-corrected chi connectivity index (χ1v) is 9.82. The van der Waals surface area contributed by atoms with Crippen LogP contribution in [0.4, 0.5) is 5.69 Å². The number of rotatable bonds is 7. The second kappa shape index (κ2) is 7.92. The number of aliphatic hydroxyl groups is 1. The van der Waals surface area contributed by atoms with Crippen molar-refractivity contribution in [3.05, 3.63) is 77.2 Å². The van der Waals surface area contributed by atoms with Crippen molar-refractivity contribution in [3.8, 4) is 11.5 Å². The van der Waals surface area contributed by atoms with Gasteiger partial charge in [0.15, 0.2) is 22.9 Å². The zero-order valence-corrected chi connectivity index (χ0v) is 17.5. The molecule has 0 fully saturated rings. The van der Waals surface area contributed by atoms with Gasteiger partial charge in [-0.25, -0.2) is 0 Å². The number of hydrogen-bond donors (Lipinski definition) is 1. The van der Waals surface area contributed by atoms with Crippen LogP contribution in [0, 0.1) is 6.92 Å². The van der Waals surface area contributed by atoms with Crippen LogP contribution < -0.4 is 14.4 Å². The van der Waals surface area contributed by atoms with Gasteiger partial charge in [0.05, 0.1) is 32.9 Å². The molecule has 0 saturated carbocycles. The normalized spacial score (nSPS) is 17.5. The Bertz CT molecular complexity index is 1150. The first-order chi connectivity index (χ1) is 14.9. The van der Waals surface area contributed by atoms with E-state index >= 15 is 0 Å². The maximum Gasteiger partial charge on any atom is 0.264 e. The topological polar surface area (TPSA) is 89.2 Å². The summed E-state index contributed by atoms with van der Waals surface area (Å²) in [6.45, 7) is 1.93. The predicted octanol–water partition coefficient (Wildman–Crippen LogP) is 3.61. The fourth-order valence-electron chi connectivity index (χ4n) is 3.90. The van der Waals surface area contributed by atoms with Crippen molar-refractivity contribution >= 4 is 17.4 Å². The van der Waals surface area contributed by atoms with Gasteiger partial charge >= 0.3 is 0 Å². The molecule has 0 bridgehead atoms. The number of nitrogens with zero attached hydrogens (tertiary/aromatic N) is 1. The Morgan fingerprint density at radius 3 is 2.48 bits per heavy atom. The number of benzene rings is 2. The molecule has 2 heterocycles. The fraction of sp³-hybridized carbons (Fsp3) is 0.250. The maximum atomic E-state index is 13.4. The summed E-state index contributed by atoms with van der Waals surface area (Å²) in [6, 6.07) is 15.5. The van der Waals surface area contributed by atoms with Crippen LogP contribution in [-0.2, 0) is 16.9 Å². The van der Waals surface area contributed by atoms with Gasteiger partial charge in [-0.15, -0.1) is 0 Å². The summed E-state index contributed by atoms with van der Waals surface area (Å²) in [4.78, 5) is 27.6. The number of carbonyl (C=O) groups is 2. The third-order valence-electron chi connectivity index (χ3n) is 5.46. The third-order valence-corrected chi connectivity index (χ3v) is 5.46. The van der Waals surface area contributed by atoms with E-state index in [1.54, 1.807) is 69.7 Å². The molecule has 0 radical (unpaired) electrons. The number of anilines is 1. The van der Waals surface area contributed by atoms with Gasteiger partial charge in [0, 0.05) is 5.56 Å². The molecule has 31 heavy (non-hydrogen) atoms. The van der Waals surface area contributed by atoms with E-state index < -0.39 is 23.7 Å². The summed E-state index contributed by atoms with van der Waals surface area (Å²) in [7, 11) is 3.09. The SMILES string of the molecule is COc1ccc(CN2C(=O)[C@](O)(CC(=O)c3ccc(C)o3)c3ccccc32)cc1OC. The molecule has 160 valence electrons. The fourth-order valence-corrected chi connectivity index (χ4v) is 3.90. The van der Waals surface area contributed by atoms with Gasteiger partial charge in [-0.05, 0) is 42.8 Å². The van der Waals surface area contributed by atoms with Crippen molar-refractivity contribution in [2.24, 2.45) is 0 Å². The van der Waals surface area contributed by atoms with Gasteiger partial charge < -0.3 is 23.9 Å². The van der Waals surface area contributed by atoms with Crippen LogP contribution >= 0.6 is 0 Å². The van der Waals surface area contributed by atoms with Crippen molar-refractivity contribution in [2.75, 3.05) is 19.1 Å². The van der Waals surface area contributed by atoms with Crippen LogP contribution in [0.3, 0.4) is 0 Å². The number of ether oxygens (including phenoxy) is 2. The molecular formula is C24H23NO6. The predicted molar refractivity (Wildman–Crippen MR) is 113 cm³/mol. The summed E-state index contributed by atoms with van der Waals surface area (Å²) in [5.74, 6) is 0.832. The van der Waals surface area contributed by atoms with E-state index in [1.807, 2.05) is 6.07 Å². The molecule has 1 atom stereocenters. The van der Waals surface area contributed by atoms with E-state index in [4.69, 9.17) is 13.9 Å². The number of para-hydroxylation sites is 1. The molecule has 1 amide bonds. The van der Waals surface area contributed by atoms with Crippen LogP contribution in [-0.4, -0.2) is 31.0 Å². The molecule has 0 spiro atoms. The zero-order valence-electron chi connectivity index (χ0n) is 17.5. The molecule has 2 aromatic carbocycles. The summed E-state index contributed by atoms with van der Waals surface area (Å²) in [6.07, 6.45) is -0.405. The molecule has 1 N–H and O–H groups in total. The van der Waals surface area contributed by atoms with Crippen LogP contribution in [0.15, 0.2) is 59.0 Å². The standard InChI is InChI=1S/C24H23NO6/c1-15-8-10-20(31-15)19(26)13-24(28)17-6-4-5-7-18(17)25(23(24)27)14-16-9-11-21(29-2)22(12-16)30-3/h4-12,28H,13-14H2,1-3H3/t24-/m0/s1. The minimum atomic E-state index is -1.97. The number of ketones is 1. The lowest BCUT2D eigenvalue weighted by Crippen LogP contribution is -2.41. The van der Waals surface area contributed by atoms with E-state index in [2.05, 4.69) is 0 Å². The highest BCUT2D eigenvalue weighted by molar-refractivity contribution is 6.10. The summed E-state index contributed by atoms with van der Waals surface area (Å²) in [5, 5.41) is 11.4. The van der Waals surface area contributed by atoms with E-state index in [0.29, 0.717) is 28.5 Å². The third kappa shape index (κ3) is 3.57. The maximum absolute atomic E-state index is 13.4. The zero-order chi connectivity index (χ0) is 22.2. The van der Waals surface area contributed by atoms with E-state index in [0.717, 1.165) is 5.56 Å². The minimum absolute atomic E-state index is 0.120. The van der Waals surface area contributed by atoms with Gasteiger partial charge in [-0.2, -0.15) is 0 Å². The number of amides is 1. The van der Waals surface area contributed by atoms with Gasteiger partial charge in [0.25, 0.3) is 5.91 Å². The minimum Gasteiger partial charge on any atom is -0.493 e. The van der Waals surface area contributed by atoms with Gasteiger partial charge in [0.2, 0.25) is 5.78 Å². The Hall–Kier alpha value is -3.58. The van der Waals surface area contributed by atoms with Crippen LogP contribution in [0.5, 0.6) is 11.5 Å². The number of methoxy groups -OCH3 is 2. The molecule has 1 aromatic heterocycles. The average Bonchev–Trinajstić information content (AvgIpc) is 3.30. The molecule has 7 heteroatoms. The highest BCUT2D eigenvalue weighted by atomic mass is 16.5. The van der Waals surface area contributed by atoms with Crippen molar-refractivity contribution < 1.29 is 28.6 Å². The lowest BCUT2D eigenvalue weighted by molar-refractivity contribution is -0.136. The molecule has 3 aromatic rings. The number of furan rings is 1. The second-order valence-corrected chi connectivity index (χ2v) is 7.47. The lowest BCUT2D eigenvalue weighted by Gasteiger charge is -2.22. The van der Waals surface area contributed by atoms with Gasteiger partial charge in [-0.1, -0.05) is 24.3 Å². The molecule has 1 aliphatic rings. The first kappa shape index (κ1) is 20.7. The largest absolute Gasteiger partial charge is 0.493 e. The average molecular weight is 421 g/mol. The lowest BCUT2D eigenvalue weighted by atomic mass is 9.89. The number of carbonyl (C=O) groups excluding carboxylic acids is 2. The first-order valence-electron chi connectivity index (χ1n) is 9.82. The Labute approximate surface area is 179 Å². The van der Waals surface area contributed by atoms with Crippen molar-refractivity contribution in [2.45, 2.75) is 25.5 Å². The highest BCUT2D eigenvalue weighted by Gasteiger charge is 2.51. The van der Waals surface area contributed by atoms with E-state index in [1.165, 1.54) is 4.90 Å². The molecule has 4 rings (SSSR count). The van der Waals surface area contributed by atoms with E-state index in [9.17, 15) is 14.7 Å². The van der Waals surface area contributed by atoms with Crippen LogP contribution in [0.1, 0.15) is 33.9 Å². The Kier molecular flexibility index (Phi) is 5.29. The quantitative estimate of drug-likeness (QED) is 0.586. The van der Waals surface area contributed by atoms with Crippen molar-refractivity contribution in [1.29, 1.82) is 0 Å². The van der Waals surface area contributed by atoms with Crippen molar-refractivity contribution in [3.63, 3.8) is 0 Å². The number of fused-ring (bicyclic) bond motifs is 1. The summed E-state index contributed by atoms with van der Waals surface area (Å²) in [5.41, 5.74) is -0.214. The number of hydrogen-bond acceptors (Lipinski definition) is 6. The molecule has 0 aliphatic carbocycles. The van der Waals surface area contributed by atoms with Crippen molar-refractivity contribution in [1.82, 2.24) is 0 Å². The number of Topliss-reactive ketones (excluding diaryl/α,β-unsaturated/α-hetero) is 1. The molecule has 0 unspecified atom stereocenters. The number of aryl methyl sites for hydroxylation is 1. The molecule has 0 saturated heterocycles. The monoisotopic (exact) mass is 421 g/mol. The highest BCUT2D eigenvalue weighted by Crippen LogP contribution is 2.44. The van der Waals surface area contributed by atoms with Crippen LogP contribution in [0.2, 0.25) is 0 Å². The Morgan fingerprint density at radius 2 is 1.81 bits per heavy atom. The van der Waals surface area contributed by atoms with Gasteiger partial charge in [-0.3, -0.25) is 9.59 Å². The Balaban J connectivity index is 1.67. The Morgan fingerprint density at radius 1 is 1.06 bits per heavy atom. The molecular weight excluding hydrogens is 398 g/mol. The summed E-state index contributed by atoms with van der Waals surface area (Å²) < 4.78 is 16.0. The van der Waals surface area contributed by atoms with E-state index in [-0.39, 0.29) is 12.3 Å². The molecule has 1 aliphatic heterocycles. The smallest absolute Gasteiger partial charge is 0.264 e. The second-order valence-electron chi connectivity index (χ2n) is 7.47. The van der Waals surface area contributed by atoms with Gasteiger partial charge in [0.1, 0.15) is 5.76 Å².